The number of piperazine rings is 1. The number of nitrogens with zero attached hydrogens (tertiary/aromatic N) is 3. The molecule has 0 unspecified atom stereocenters. The quantitative estimate of drug-likeness (QED) is 0.553. The van der Waals surface area contributed by atoms with Crippen LogP contribution >= 0.6 is 23.2 Å². The van der Waals surface area contributed by atoms with Gasteiger partial charge < -0.3 is 20.3 Å². The molecule has 0 radical (unpaired) electrons. The summed E-state index contributed by atoms with van der Waals surface area (Å²) in [5.41, 5.74) is 1.42. The minimum Gasteiger partial charge on any atom is -0.463 e. The maximum Gasteiger partial charge on any atom is 0.338 e. The van der Waals surface area contributed by atoms with Crippen LogP contribution in [0.2, 0.25) is 10.0 Å². The summed E-state index contributed by atoms with van der Waals surface area (Å²) in [7, 11) is 1.62. The minimum atomic E-state index is -0.784. The fraction of sp³-hybridized carbons (Fsp3) is 0.542. The third kappa shape index (κ3) is 6.20. The molecule has 0 saturated carbocycles. The highest BCUT2D eigenvalue weighted by Crippen LogP contribution is 2.36. The van der Waals surface area contributed by atoms with E-state index in [-0.39, 0.29) is 30.8 Å². The second-order valence-corrected chi connectivity index (χ2v) is 9.91. The molecule has 9 nitrogen and oxygen atoms in total. The van der Waals surface area contributed by atoms with Crippen molar-refractivity contribution in [2.75, 3.05) is 39.8 Å². The molecule has 11 heteroatoms. The summed E-state index contributed by atoms with van der Waals surface area (Å²) < 4.78 is 5.38. The van der Waals surface area contributed by atoms with Crippen LogP contribution in [0.5, 0.6) is 0 Å². The van der Waals surface area contributed by atoms with Crippen molar-refractivity contribution < 1.29 is 19.1 Å². The van der Waals surface area contributed by atoms with Gasteiger partial charge in [-0.05, 0) is 45.4 Å². The van der Waals surface area contributed by atoms with Gasteiger partial charge in [-0.2, -0.15) is 0 Å². The van der Waals surface area contributed by atoms with E-state index >= 15 is 0 Å². The van der Waals surface area contributed by atoms with Gasteiger partial charge in [0.15, 0.2) is 0 Å². The molecule has 192 valence electrons. The Morgan fingerprint density at radius 2 is 1.97 bits per heavy atom. The Labute approximate surface area is 216 Å². The lowest BCUT2D eigenvalue weighted by atomic mass is 9.94. The molecule has 0 aliphatic carbocycles. The van der Waals surface area contributed by atoms with Crippen molar-refractivity contribution in [3.8, 4) is 0 Å². The van der Waals surface area contributed by atoms with E-state index in [1.54, 1.807) is 32.2 Å². The van der Waals surface area contributed by atoms with Crippen LogP contribution in [-0.4, -0.2) is 84.6 Å². The first kappa shape index (κ1) is 27.1. The number of esters is 1. The largest absolute Gasteiger partial charge is 0.463 e. The lowest BCUT2D eigenvalue weighted by Crippen LogP contribution is -2.58. The second-order valence-electron chi connectivity index (χ2n) is 9.07. The van der Waals surface area contributed by atoms with Gasteiger partial charge in [-0.1, -0.05) is 29.3 Å². The molecule has 0 aromatic heterocycles. The molecule has 35 heavy (non-hydrogen) atoms. The SMILES string of the molecule is CCOC(=O)C1=C(CN2CCN(C(=O)NC(C)C)[C@@H](C)C2)N(C)C(=O)N[C@@H]1c1ccc(Cl)cc1Cl. The van der Waals surface area contributed by atoms with Crippen LogP contribution < -0.4 is 10.6 Å². The summed E-state index contributed by atoms with van der Waals surface area (Å²) in [6, 6.07) is 3.72. The number of carbonyl (C=O) groups excluding carboxylic acids is 3. The van der Waals surface area contributed by atoms with Gasteiger partial charge in [-0.25, -0.2) is 14.4 Å². The van der Waals surface area contributed by atoms with E-state index < -0.39 is 12.0 Å². The molecule has 1 aromatic rings. The topological polar surface area (TPSA) is 94.2 Å². The summed E-state index contributed by atoms with van der Waals surface area (Å²) in [6.07, 6.45) is 0. The standard InChI is InChI=1S/C24H33Cl2N5O4/c1-6-35-22(32)20-19(13-30-9-10-31(15(4)12-30)24(34)27-14(2)3)29(5)23(33)28-21(20)17-8-7-16(25)11-18(17)26/h7-8,11,14-15,21H,6,9-10,12-13H2,1-5H3,(H,27,34)(H,28,33)/t15-,21+/m0/s1. The molecule has 0 bridgehead atoms. The van der Waals surface area contributed by atoms with Gasteiger partial charge in [0.05, 0.1) is 18.2 Å². The molecule has 0 spiro atoms. The number of urea groups is 2. The van der Waals surface area contributed by atoms with Crippen LogP contribution in [0.4, 0.5) is 9.59 Å². The molecule has 1 fully saturated rings. The average molecular weight is 526 g/mol. The van der Waals surface area contributed by atoms with Crippen LogP contribution in [0, 0.1) is 0 Å². The number of rotatable bonds is 6. The van der Waals surface area contributed by atoms with Crippen LogP contribution in [0.3, 0.4) is 0 Å². The molecule has 2 aliphatic heterocycles. The summed E-state index contributed by atoms with van der Waals surface area (Å²) >= 11 is 12.5. The summed E-state index contributed by atoms with van der Waals surface area (Å²) in [4.78, 5) is 44.0. The van der Waals surface area contributed by atoms with E-state index in [9.17, 15) is 14.4 Å². The molecule has 1 aromatic carbocycles. The van der Waals surface area contributed by atoms with E-state index in [4.69, 9.17) is 27.9 Å². The monoisotopic (exact) mass is 525 g/mol. The van der Waals surface area contributed by atoms with E-state index in [1.165, 1.54) is 4.90 Å². The van der Waals surface area contributed by atoms with Gasteiger partial charge >= 0.3 is 18.0 Å². The fourth-order valence-corrected chi connectivity index (χ4v) is 4.90. The normalized spacial score (nSPS) is 21.3. The van der Waals surface area contributed by atoms with Gasteiger partial charge in [0.1, 0.15) is 0 Å². The Balaban J connectivity index is 1.93. The van der Waals surface area contributed by atoms with Crippen molar-refractivity contribution in [2.45, 2.75) is 45.8 Å². The first-order valence-electron chi connectivity index (χ1n) is 11.7. The van der Waals surface area contributed by atoms with Gasteiger partial charge in [0, 0.05) is 61.1 Å². The Morgan fingerprint density at radius 3 is 2.57 bits per heavy atom. The zero-order valence-corrected chi connectivity index (χ0v) is 22.2. The number of ether oxygens (including phenoxy) is 1. The second kappa shape index (κ2) is 11.5. The highest BCUT2D eigenvalue weighted by molar-refractivity contribution is 6.35. The molecule has 2 heterocycles. The maximum absolute atomic E-state index is 13.2. The fourth-order valence-electron chi connectivity index (χ4n) is 4.39. The molecule has 2 N–H and O–H groups in total. The lowest BCUT2D eigenvalue weighted by molar-refractivity contribution is -0.139. The first-order valence-corrected chi connectivity index (χ1v) is 12.5. The van der Waals surface area contributed by atoms with Crippen molar-refractivity contribution in [2.24, 2.45) is 0 Å². The maximum atomic E-state index is 13.2. The number of hydrogen-bond donors (Lipinski definition) is 2. The van der Waals surface area contributed by atoms with E-state index in [0.717, 1.165) is 0 Å². The molecule has 1 saturated heterocycles. The summed E-state index contributed by atoms with van der Waals surface area (Å²) in [6.45, 7) is 9.81. The molecular formula is C24H33Cl2N5O4. The first-order chi connectivity index (χ1) is 16.5. The Hall–Kier alpha value is -2.49. The number of hydrogen-bond acceptors (Lipinski definition) is 5. The highest BCUT2D eigenvalue weighted by atomic mass is 35.5. The molecular weight excluding hydrogens is 493 g/mol. The summed E-state index contributed by atoms with van der Waals surface area (Å²) in [5.74, 6) is -0.520. The zero-order chi connectivity index (χ0) is 25.9. The number of benzene rings is 1. The van der Waals surface area contributed by atoms with Crippen molar-refractivity contribution in [1.82, 2.24) is 25.3 Å². The van der Waals surface area contributed by atoms with E-state index in [2.05, 4.69) is 15.5 Å². The van der Waals surface area contributed by atoms with Crippen molar-refractivity contribution >= 4 is 41.2 Å². The Kier molecular flexibility index (Phi) is 8.90. The van der Waals surface area contributed by atoms with Crippen molar-refractivity contribution in [3.05, 3.63) is 45.1 Å². The van der Waals surface area contributed by atoms with Crippen LogP contribution in [0.1, 0.15) is 39.3 Å². The zero-order valence-electron chi connectivity index (χ0n) is 20.7. The van der Waals surface area contributed by atoms with E-state index in [0.29, 0.717) is 53.1 Å². The number of likely N-dealkylation sites (N-methyl/N-ethyl adjacent to an activating group) is 1. The van der Waals surface area contributed by atoms with Crippen LogP contribution in [-0.2, 0) is 9.53 Å². The number of nitrogens with one attached hydrogen (secondary N) is 2. The van der Waals surface area contributed by atoms with Crippen LogP contribution in [0.25, 0.3) is 0 Å². The number of carbonyl (C=O) groups is 3. The lowest BCUT2D eigenvalue weighted by Gasteiger charge is -2.42. The third-order valence-corrected chi connectivity index (χ3v) is 6.67. The molecule has 2 atom stereocenters. The molecule has 2 aliphatic rings. The predicted octanol–water partition coefficient (Wildman–Crippen LogP) is 3.63. The highest BCUT2D eigenvalue weighted by Gasteiger charge is 2.39. The van der Waals surface area contributed by atoms with Gasteiger partial charge in [-0.15, -0.1) is 0 Å². The number of halogens is 2. The van der Waals surface area contributed by atoms with Gasteiger partial charge in [0.25, 0.3) is 0 Å². The summed E-state index contributed by atoms with van der Waals surface area (Å²) in [5, 5.41) is 6.60. The van der Waals surface area contributed by atoms with Gasteiger partial charge in [0.2, 0.25) is 0 Å². The minimum absolute atomic E-state index is 0.0432. The molecule has 4 amide bonds. The van der Waals surface area contributed by atoms with Crippen molar-refractivity contribution in [3.63, 3.8) is 0 Å². The van der Waals surface area contributed by atoms with Crippen LogP contribution in [0.15, 0.2) is 29.5 Å². The Bertz CT molecular complexity index is 1020. The van der Waals surface area contributed by atoms with Crippen molar-refractivity contribution in [1.29, 1.82) is 0 Å². The van der Waals surface area contributed by atoms with Gasteiger partial charge in [-0.3, -0.25) is 9.80 Å². The average Bonchev–Trinajstić information content (AvgIpc) is 2.76. The third-order valence-electron chi connectivity index (χ3n) is 6.10. The number of amides is 4. The molecule has 3 rings (SSSR count). The van der Waals surface area contributed by atoms with E-state index in [1.807, 2.05) is 25.7 Å². The Morgan fingerprint density at radius 1 is 1.26 bits per heavy atom. The smallest absolute Gasteiger partial charge is 0.338 e. The predicted molar refractivity (Wildman–Crippen MR) is 135 cm³/mol.